The summed E-state index contributed by atoms with van der Waals surface area (Å²) in [6.45, 7) is 3.56. The highest BCUT2D eigenvalue weighted by atomic mass is 35.5. The molecule has 2 rings (SSSR count). The van der Waals surface area contributed by atoms with Gasteiger partial charge in [0.15, 0.2) is 0 Å². The molecule has 1 aliphatic rings. The van der Waals surface area contributed by atoms with Crippen molar-refractivity contribution in [1.82, 2.24) is 4.72 Å². The molecule has 4 nitrogen and oxygen atoms in total. The van der Waals surface area contributed by atoms with Crippen LogP contribution in [0, 0.1) is 19.8 Å². The van der Waals surface area contributed by atoms with Gasteiger partial charge in [0.1, 0.15) is 4.90 Å². The maximum absolute atomic E-state index is 12.5. The van der Waals surface area contributed by atoms with Crippen molar-refractivity contribution in [1.29, 1.82) is 0 Å². The van der Waals surface area contributed by atoms with E-state index >= 15 is 0 Å². The molecule has 0 aromatic heterocycles. The van der Waals surface area contributed by atoms with Crippen molar-refractivity contribution in [2.75, 3.05) is 6.54 Å². The van der Waals surface area contributed by atoms with Crippen molar-refractivity contribution in [3.8, 4) is 0 Å². The van der Waals surface area contributed by atoms with Crippen LogP contribution in [0.2, 0.25) is 10.0 Å². The van der Waals surface area contributed by atoms with Crippen LogP contribution >= 0.6 is 23.2 Å². The largest absolute Gasteiger partial charge is 0.393 e. The van der Waals surface area contributed by atoms with Gasteiger partial charge >= 0.3 is 0 Å². The molecule has 2 unspecified atom stereocenters. The first-order valence-electron chi connectivity index (χ1n) is 6.87. The first-order valence-corrected chi connectivity index (χ1v) is 9.11. The zero-order valence-corrected chi connectivity index (χ0v) is 14.3. The molecule has 21 heavy (non-hydrogen) atoms. The van der Waals surface area contributed by atoms with Crippen LogP contribution in [0.15, 0.2) is 11.0 Å². The quantitative estimate of drug-likeness (QED) is 0.875. The predicted octanol–water partition coefficient (Wildman–Crippen LogP) is 3.05. The van der Waals surface area contributed by atoms with Crippen LogP contribution in [0.25, 0.3) is 0 Å². The summed E-state index contributed by atoms with van der Waals surface area (Å²) in [5.41, 5.74) is 1.06. The average molecular weight is 352 g/mol. The van der Waals surface area contributed by atoms with Gasteiger partial charge in [-0.05, 0) is 49.8 Å². The number of aryl methyl sites for hydroxylation is 1. The van der Waals surface area contributed by atoms with E-state index in [1.807, 2.05) is 0 Å². The fraction of sp³-hybridized carbons (Fsp3) is 0.571. The summed E-state index contributed by atoms with van der Waals surface area (Å²) >= 11 is 12.2. The van der Waals surface area contributed by atoms with Gasteiger partial charge in [0.2, 0.25) is 10.0 Å². The Labute approximate surface area is 135 Å². The van der Waals surface area contributed by atoms with E-state index in [-0.39, 0.29) is 22.4 Å². The second-order valence-electron chi connectivity index (χ2n) is 5.55. The highest BCUT2D eigenvalue weighted by Crippen LogP contribution is 2.33. The summed E-state index contributed by atoms with van der Waals surface area (Å²) in [6.07, 6.45) is 2.03. The lowest BCUT2D eigenvalue weighted by atomic mass is 10.1. The molecular weight excluding hydrogens is 333 g/mol. The van der Waals surface area contributed by atoms with Gasteiger partial charge in [0.25, 0.3) is 0 Å². The summed E-state index contributed by atoms with van der Waals surface area (Å²) in [6, 6.07) is 1.65. The predicted molar refractivity (Wildman–Crippen MR) is 84.5 cm³/mol. The molecule has 0 aliphatic heterocycles. The third kappa shape index (κ3) is 3.54. The minimum atomic E-state index is -3.76. The molecule has 0 amide bonds. The fourth-order valence-electron chi connectivity index (χ4n) is 2.68. The van der Waals surface area contributed by atoms with Crippen LogP contribution in [-0.2, 0) is 10.0 Å². The summed E-state index contributed by atoms with van der Waals surface area (Å²) in [5, 5.41) is 10.3. The molecule has 0 radical (unpaired) electrons. The summed E-state index contributed by atoms with van der Waals surface area (Å²) < 4.78 is 27.6. The number of halogens is 2. The molecule has 1 aliphatic carbocycles. The highest BCUT2D eigenvalue weighted by molar-refractivity contribution is 7.89. The molecule has 1 aromatic carbocycles. The first-order chi connectivity index (χ1) is 9.74. The van der Waals surface area contributed by atoms with Crippen molar-refractivity contribution in [3.05, 3.63) is 27.2 Å². The molecular formula is C14H19Cl2NO3S. The lowest BCUT2D eigenvalue weighted by Crippen LogP contribution is -2.33. The molecule has 1 saturated carbocycles. The van der Waals surface area contributed by atoms with E-state index in [1.165, 1.54) is 0 Å². The highest BCUT2D eigenvalue weighted by Gasteiger charge is 2.29. The van der Waals surface area contributed by atoms with Crippen LogP contribution < -0.4 is 4.72 Å². The van der Waals surface area contributed by atoms with E-state index in [0.717, 1.165) is 19.3 Å². The van der Waals surface area contributed by atoms with Crippen molar-refractivity contribution >= 4 is 33.2 Å². The Hall–Kier alpha value is -0.330. The number of benzene rings is 1. The molecule has 118 valence electrons. The standard InChI is InChI=1S/C14H19Cl2NO3S/c1-8-6-11(15)9(2)14(13(8)16)21(19,20)17-7-10-4-3-5-12(10)18/h6,10,12,17-18H,3-5,7H2,1-2H3. The molecule has 1 fully saturated rings. The van der Waals surface area contributed by atoms with Crippen LogP contribution in [0.1, 0.15) is 30.4 Å². The Morgan fingerprint density at radius 2 is 2.00 bits per heavy atom. The van der Waals surface area contributed by atoms with E-state index < -0.39 is 16.1 Å². The van der Waals surface area contributed by atoms with Gasteiger partial charge < -0.3 is 5.11 Å². The number of hydrogen-bond acceptors (Lipinski definition) is 3. The van der Waals surface area contributed by atoms with Crippen LogP contribution in [0.5, 0.6) is 0 Å². The summed E-state index contributed by atoms with van der Waals surface area (Å²) in [7, 11) is -3.76. The SMILES string of the molecule is Cc1cc(Cl)c(C)c(S(=O)(=O)NCC2CCCC2O)c1Cl. The second-order valence-corrected chi connectivity index (χ2v) is 8.04. The summed E-state index contributed by atoms with van der Waals surface area (Å²) in [5.74, 6) is -0.0425. The maximum atomic E-state index is 12.5. The van der Waals surface area contributed by atoms with Crippen LogP contribution in [0.4, 0.5) is 0 Å². The maximum Gasteiger partial charge on any atom is 0.242 e. The van der Waals surface area contributed by atoms with Crippen molar-refractivity contribution in [3.63, 3.8) is 0 Å². The number of aliphatic hydroxyl groups excluding tert-OH is 1. The topological polar surface area (TPSA) is 66.4 Å². The molecule has 2 N–H and O–H groups in total. The van der Waals surface area contributed by atoms with Gasteiger partial charge in [0.05, 0.1) is 11.1 Å². The number of rotatable bonds is 4. The fourth-order valence-corrected chi connectivity index (χ4v) is 4.98. The zero-order chi connectivity index (χ0) is 15.8. The van der Waals surface area contributed by atoms with Crippen molar-refractivity contribution in [2.45, 2.75) is 44.1 Å². The van der Waals surface area contributed by atoms with Gasteiger partial charge in [-0.2, -0.15) is 0 Å². The smallest absolute Gasteiger partial charge is 0.242 e. The minimum Gasteiger partial charge on any atom is -0.393 e. The number of aliphatic hydroxyl groups is 1. The Bertz CT molecular complexity index is 620. The third-order valence-electron chi connectivity index (χ3n) is 4.01. The molecule has 0 spiro atoms. The van der Waals surface area contributed by atoms with E-state index in [0.29, 0.717) is 16.1 Å². The van der Waals surface area contributed by atoms with Gasteiger partial charge in [-0.15, -0.1) is 0 Å². The normalized spacial score (nSPS) is 22.7. The summed E-state index contributed by atoms with van der Waals surface area (Å²) in [4.78, 5) is 0.0293. The molecule has 0 saturated heterocycles. The molecule has 7 heteroatoms. The Morgan fingerprint density at radius 1 is 1.33 bits per heavy atom. The number of nitrogens with one attached hydrogen (secondary N) is 1. The van der Waals surface area contributed by atoms with E-state index in [1.54, 1.807) is 19.9 Å². The van der Waals surface area contributed by atoms with E-state index in [2.05, 4.69) is 4.72 Å². The monoisotopic (exact) mass is 351 g/mol. The van der Waals surface area contributed by atoms with Crippen LogP contribution in [0.3, 0.4) is 0 Å². The molecule has 1 aromatic rings. The third-order valence-corrected chi connectivity index (χ3v) is 6.60. The van der Waals surface area contributed by atoms with Gasteiger partial charge in [-0.25, -0.2) is 13.1 Å². The minimum absolute atomic E-state index is 0.0293. The van der Waals surface area contributed by atoms with E-state index in [9.17, 15) is 13.5 Å². The lowest BCUT2D eigenvalue weighted by Gasteiger charge is -2.18. The lowest BCUT2D eigenvalue weighted by molar-refractivity contribution is 0.134. The Balaban J connectivity index is 2.28. The van der Waals surface area contributed by atoms with Crippen molar-refractivity contribution < 1.29 is 13.5 Å². The average Bonchev–Trinajstić information content (AvgIpc) is 2.80. The van der Waals surface area contributed by atoms with Crippen LogP contribution in [-0.4, -0.2) is 26.2 Å². The van der Waals surface area contributed by atoms with E-state index in [4.69, 9.17) is 23.2 Å². The van der Waals surface area contributed by atoms with Gasteiger partial charge in [-0.1, -0.05) is 29.6 Å². The Morgan fingerprint density at radius 3 is 2.57 bits per heavy atom. The number of hydrogen-bond donors (Lipinski definition) is 2. The van der Waals surface area contributed by atoms with Gasteiger partial charge in [0, 0.05) is 11.6 Å². The second kappa shape index (κ2) is 6.42. The molecule has 2 atom stereocenters. The zero-order valence-electron chi connectivity index (χ0n) is 12.0. The van der Waals surface area contributed by atoms with Gasteiger partial charge in [-0.3, -0.25) is 0 Å². The Kier molecular flexibility index (Phi) is 5.21. The van der Waals surface area contributed by atoms with Crippen molar-refractivity contribution in [2.24, 2.45) is 5.92 Å². The number of sulfonamides is 1. The molecule has 0 bridgehead atoms. The molecule has 0 heterocycles. The first kappa shape index (κ1) is 17.0.